The number of ether oxygens (including phenoxy) is 1. The Morgan fingerprint density at radius 2 is 2.29 bits per heavy atom. The summed E-state index contributed by atoms with van der Waals surface area (Å²) in [5, 5.41) is 0. The molecule has 14 heavy (non-hydrogen) atoms. The maximum absolute atomic E-state index is 13.0. The molecule has 0 N–H and O–H groups in total. The van der Waals surface area contributed by atoms with Gasteiger partial charge < -0.3 is 4.74 Å². The Morgan fingerprint density at radius 1 is 1.57 bits per heavy atom. The minimum Gasteiger partial charge on any atom is -0.462 e. The summed E-state index contributed by atoms with van der Waals surface area (Å²) in [5.74, 6) is -1.40. The molecular formula is C10H9FO3. The van der Waals surface area contributed by atoms with Gasteiger partial charge in [-0.2, -0.15) is 0 Å². The normalized spacial score (nSPS) is 9.57. The van der Waals surface area contributed by atoms with E-state index in [1.54, 1.807) is 6.92 Å². The van der Waals surface area contributed by atoms with E-state index >= 15 is 0 Å². The Morgan fingerprint density at radius 3 is 2.86 bits per heavy atom. The first kappa shape index (κ1) is 10.4. The molecular weight excluding hydrogens is 187 g/mol. The molecule has 3 nitrogen and oxygen atoms in total. The molecule has 0 heterocycles. The maximum atomic E-state index is 13.0. The van der Waals surface area contributed by atoms with Crippen molar-refractivity contribution in [3.63, 3.8) is 0 Å². The molecule has 4 heteroatoms. The molecule has 0 spiro atoms. The predicted octanol–water partition coefficient (Wildman–Crippen LogP) is 1.81. The zero-order valence-corrected chi connectivity index (χ0v) is 7.62. The standard InChI is InChI=1S/C10H9FO3/c1-2-14-10(13)7-4-3-5-9(11)8(7)6-12/h3-6H,2H2,1H3. The zero-order chi connectivity index (χ0) is 10.6. The van der Waals surface area contributed by atoms with E-state index in [2.05, 4.69) is 4.74 Å². The highest BCUT2D eigenvalue weighted by atomic mass is 19.1. The van der Waals surface area contributed by atoms with E-state index in [-0.39, 0.29) is 17.7 Å². The molecule has 1 aromatic rings. The van der Waals surface area contributed by atoms with Crippen molar-refractivity contribution in [1.82, 2.24) is 0 Å². The average molecular weight is 196 g/mol. The summed E-state index contributed by atoms with van der Waals surface area (Å²) in [6.45, 7) is 1.82. The molecule has 0 atom stereocenters. The van der Waals surface area contributed by atoms with Gasteiger partial charge in [0.05, 0.1) is 17.7 Å². The zero-order valence-electron chi connectivity index (χ0n) is 7.62. The molecule has 0 aliphatic heterocycles. The molecule has 0 bridgehead atoms. The number of carbonyl (C=O) groups excluding carboxylic acids is 2. The number of rotatable bonds is 3. The third-order valence-corrected chi connectivity index (χ3v) is 1.67. The quantitative estimate of drug-likeness (QED) is 0.547. The van der Waals surface area contributed by atoms with Crippen molar-refractivity contribution in [2.45, 2.75) is 6.92 Å². The van der Waals surface area contributed by atoms with Crippen LogP contribution in [-0.2, 0) is 4.74 Å². The fourth-order valence-electron chi connectivity index (χ4n) is 1.04. The lowest BCUT2D eigenvalue weighted by atomic mass is 10.1. The van der Waals surface area contributed by atoms with Gasteiger partial charge in [-0.15, -0.1) is 0 Å². The van der Waals surface area contributed by atoms with Crippen LogP contribution in [-0.4, -0.2) is 18.9 Å². The minimum absolute atomic E-state index is 0.0400. The number of aldehydes is 1. The Hall–Kier alpha value is -1.71. The van der Waals surface area contributed by atoms with E-state index in [4.69, 9.17) is 0 Å². The highest BCUT2D eigenvalue weighted by Gasteiger charge is 2.14. The summed E-state index contributed by atoms with van der Waals surface area (Å²) in [6.07, 6.45) is 0.307. The van der Waals surface area contributed by atoms with Gasteiger partial charge >= 0.3 is 5.97 Å². The van der Waals surface area contributed by atoms with Crippen molar-refractivity contribution in [1.29, 1.82) is 0 Å². The minimum atomic E-state index is -0.717. The van der Waals surface area contributed by atoms with Crippen LogP contribution in [0.3, 0.4) is 0 Å². The molecule has 74 valence electrons. The van der Waals surface area contributed by atoms with Crippen LogP contribution in [0.25, 0.3) is 0 Å². The Balaban J connectivity index is 3.13. The summed E-state index contributed by atoms with van der Waals surface area (Å²) in [7, 11) is 0. The predicted molar refractivity (Wildman–Crippen MR) is 47.7 cm³/mol. The number of carbonyl (C=O) groups is 2. The SMILES string of the molecule is CCOC(=O)c1cccc(F)c1C=O. The van der Waals surface area contributed by atoms with Crippen LogP contribution in [0.1, 0.15) is 27.6 Å². The first-order valence-corrected chi connectivity index (χ1v) is 4.11. The van der Waals surface area contributed by atoms with Gasteiger partial charge in [0.1, 0.15) is 5.82 Å². The van der Waals surface area contributed by atoms with E-state index < -0.39 is 11.8 Å². The van der Waals surface area contributed by atoms with Gasteiger partial charge in [0.2, 0.25) is 0 Å². The Kier molecular flexibility index (Phi) is 3.34. The smallest absolute Gasteiger partial charge is 0.338 e. The van der Waals surface area contributed by atoms with E-state index in [1.807, 2.05) is 0 Å². The monoisotopic (exact) mass is 196 g/mol. The van der Waals surface area contributed by atoms with Crippen molar-refractivity contribution in [2.75, 3.05) is 6.61 Å². The topological polar surface area (TPSA) is 43.4 Å². The van der Waals surface area contributed by atoms with Gasteiger partial charge in [0.25, 0.3) is 0 Å². The highest BCUT2D eigenvalue weighted by Crippen LogP contribution is 2.12. The lowest BCUT2D eigenvalue weighted by Gasteiger charge is -2.04. The van der Waals surface area contributed by atoms with E-state index in [0.717, 1.165) is 6.07 Å². The number of esters is 1. The van der Waals surface area contributed by atoms with Crippen LogP contribution in [0, 0.1) is 5.82 Å². The second-order valence-electron chi connectivity index (χ2n) is 2.54. The van der Waals surface area contributed by atoms with Crippen LogP contribution in [0.2, 0.25) is 0 Å². The summed E-state index contributed by atoms with van der Waals surface area (Å²) < 4.78 is 17.7. The summed E-state index contributed by atoms with van der Waals surface area (Å²) >= 11 is 0. The van der Waals surface area contributed by atoms with Crippen LogP contribution in [0.4, 0.5) is 4.39 Å². The number of hydrogen-bond donors (Lipinski definition) is 0. The highest BCUT2D eigenvalue weighted by molar-refractivity contribution is 5.98. The van der Waals surface area contributed by atoms with Gasteiger partial charge in [-0.3, -0.25) is 4.79 Å². The molecule has 0 unspecified atom stereocenters. The van der Waals surface area contributed by atoms with E-state index in [1.165, 1.54) is 12.1 Å². The number of benzene rings is 1. The lowest BCUT2D eigenvalue weighted by Crippen LogP contribution is -2.09. The molecule has 0 saturated heterocycles. The second-order valence-corrected chi connectivity index (χ2v) is 2.54. The Labute approximate surface area is 80.5 Å². The fraction of sp³-hybridized carbons (Fsp3) is 0.200. The van der Waals surface area contributed by atoms with Crippen LogP contribution in [0.5, 0.6) is 0 Å². The molecule has 0 saturated carbocycles. The van der Waals surface area contributed by atoms with Crippen molar-refractivity contribution in [2.24, 2.45) is 0 Å². The summed E-state index contributed by atoms with van der Waals surface area (Å²) in [6, 6.07) is 3.83. The van der Waals surface area contributed by atoms with Crippen LogP contribution in [0.15, 0.2) is 18.2 Å². The van der Waals surface area contributed by atoms with Crippen LogP contribution < -0.4 is 0 Å². The summed E-state index contributed by atoms with van der Waals surface area (Å²) in [4.78, 5) is 21.7. The van der Waals surface area contributed by atoms with Gasteiger partial charge in [0, 0.05) is 0 Å². The molecule has 1 rings (SSSR count). The largest absolute Gasteiger partial charge is 0.462 e. The Bertz CT molecular complexity index is 360. The maximum Gasteiger partial charge on any atom is 0.338 e. The van der Waals surface area contributed by atoms with Crippen molar-refractivity contribution < 1.29 is 18.7 Å². The number of halogens is 1. The third kappa shape index (κ3) is 1.96. The molecule has 0 radical (unpaired) electrons. The van der Waals surface area contributed by atoms with E-state index in [0.29, 0.717) is 6.29 Å². The third-order valence-electron chi connectivity index (χ3n) is 1.67. The van der Waals surface area contributed by atoms with Crippen molar-refractivity contribution in [3.05, 3.63) is 35.1 Å². The molecule has 0 aliphatic rings. The average Bonchev–Trinajstić information content (AvgIpc) is 2.17. The van der Waals surface area contributed by atoms with Gasteiger partial charge in [-0.05, 0) is 19.1 Å². The molecule has 0 fully saturated rings. The number of hydrogen-bond acceptors (Lipinski definition) is 3. The van der Waals surface area contributed by atoms with Gasteiger partial charge in [-0.1, -0.05) is 6.07 Å². The molecule has 1 aromatic carbocycles. The molecule has 0 aromatic heterocycles. The first-order valence-electron chi connectivity index (χ1n) is 4.11. The second kappa shape index (κ2) is 4.50. The summed E-state index contributed by atoms with van der Waals surface area (Å²) in [5.41, 5.74) is -0.298. The van der Waals surface area contributed by atoms with Crippen LogP contribution >= 0.6 is 0 Å². The first-order chi connectivity index (χ1) is 6.70. The van der Waals surface area contributed by atoms with Crippen molar-refractivity contribution >= 4 is 12.3 Å². The van der Waals surface area contributed by atoms with Gasteiger partial charge in [-0.25, -0.2) is 9.18 Å². The molecule has 0 aliphatic carbocycles. The molecule has 0 amide bonds. The van der Waals surface area contributed by atoms with Crippen molar-refractivity contribution in [3.8, 4) is 0 Å². The fourth-order valence-corrected chi connectivity index (χ4v) is 1.04. The van der Waals surface area contributed by atoms with Gasteiger partial charge in [0.15, 0.2) is 6.29 Å². The lowest BCUT2D eigenvalue weighted by molar-refractivity contribution is 0.0523. The van der Waals surface area contributed by atoms with E-state index in [9.17, 15) is 14.0 Å².